The molecule has 1 N–H and O–H groups in total. The number of hydrogen-bond donors (Lipinski definition) is 1. The number of benzene rings is 2. The number of allylic oxidation sites excluding steroid dienone is 2. The average Bonchev–Trinajstić information content (AvgIpc) is 2.89. The molecule has 0 saturated heterocycles. The fourth-order valence-electron chi connectivity index (χ4n) is 4.24. The van der Waals surface area contributed by atoms with Crippen LogP contribution in [-0.2, 0) is 11.3 Å². The molecule has 2 heterocycles. The molecular weight excluding hydrogens is 517 g/mol. The first kappa shape index (κ1) is 30.4. The van der Waals surface area contributed by atoms with Crippen molar-refractivity contribution in [3.05, 3.63) is 82.1 Å². The molecule has 2 unspecified atom stereocenters. The number of fused-ring (bicyclic) bond motifs is 1. The summed E-state index contributed by atoms with van der Waals surface area (Å²) in [5.74, 6) is 1.75. The van der Waals surface area contributed by atoms with E-state index >= 15 is 0 Å². The molecule has 2 atom stereocenters. The van der Waals surface area contributed by atoms with E-state index in [-0.39, 0.29) is 24.6 Å². The summed E-state index contributed by atoms with van der Waals surface area (Å²) in [6.07, 6.45) is 16.1. The van der Waals surface area contributed by atoms with Crippen LogP contribution < -0.4 is 14.8 Å². The number of rotatable bonds is 10. The Hall–Kier alpha value is -1.85. The maximum Gasteiger partial charge on any atom is 0.128 e. The summed E-state index contributed by atoms with van der Waals surface area (Å²) in [5.41, 5.74) is 2.23. The fourth-order valence-corrected chi connectivity index (χ4v) is 4.71. The summed E-state index contributed by atoms with van der Waals surface area (Å²) in [7, 11) is 1.69. The number of halogens is 3. The first-order chi connectivity index (χ1) is 17.1. The molecule has 0 aromatic heterocycles. The Balaban J connectivity index is 0.000000571. The summed E-state index contributed by atoms with van der Waals surface area (Å²) < 4.78 is 16.5. The number of methoxy groups -OCH3 is 1. The molecule has 2 aliphatic heterocycles. The van der Waals surface area contributed by atoms with E-state index in [9.17, 15) is 0 Å². The van der Waals surface area contributed by atoms with Gasteiger partial charge in [0.05, 0.1) is 13.4 Å². The first-order valence-electron chi connectivity index (χ1n) is 12.6. The van der Waals surface area contributed by atoms with E-state index in [1.54, 1.807) is 19.4 Å². The van der Waals surface area contributed by atoms with Crippen LogP contribution in [0.1, 0.15) is 69.0 Å². The SMILES string of the molecule is C1=CCOC=C1.CCCCCCCC1CC(NCc2ccc(Cl)cc2Cl)c2ccc(OC)cc2O1.Cl. The maximum absolute atomic E-state index is 6.36. The Kier molecular flexibility index (Phi) is 14.2. The molecule has 7 heteroatoms. The van der Waals surface area contributed by atoms with E-state index in [1.807, 2.05) is 42.5 Å². The smallest absolute Gasteiger partial charge is 0.128 e. The topological polar surface area (TPSA) is 39.7 Å². The van der Waals surface area contributed by atoms with E-state index < -0.39 is 0 Å². The van der Waals surface area contributed by atoms with Crippen LogP contribution in [0.15, 0.2) is 60.9 Å². The second kappa shape index (κ2) is 16.8. The highest BCUT2D eigenvalue weighted by Crippen LogP contribution is 2.39. The van der Waals surface area contributed by atoms with E-state index in [0.29, 0.717) is 16.6 Å². The molecule has 2 aliphatic rings. The van der Waals surface area contributed by atoms with Crippen LogP contribution in [-0.4, -0.2) is 19.8 Å². The van der Waals surface area contributed by atoms with Crippen molar-refractivity contribution in [2.45, 2.75) is 70.6 Å². The van der Waals surface area contributed by atoms with Gasteiger partial charge in [0, 0.05) is 40.7 Å². The molecule has 2 aromatic rings. The van der Waals surface area contributed by atoms with Gasteiger partial charge in [0.15, 0.2) is 0 Å². The van der Waals surface area contributed by atoms with Crippen LogP contribution >= 0.6 is 35.6 Å². The third kappa shape index (κ3) is 9.89. The Bertz CT molecular complexity index is 968. The van der Waals surface area contributed by atoms with Gasteiger partial charge in [0.25, 0.3) is 0 Å². The number of unbranched alkanes of at least 4 members (excludes halogenated alkanes) is 4. The molecule has 198 valence electrons. The lowest BCUT2D eigenvalue weighted by molar-refractivity contribution is 0.137. The van der Waals surface area contributed by atoms with Crippen LogP contribution in [0, 0.1) is 0 Å². The predicted molar refractivity (Wildman–Crippen MR) is 153 cm³/mol. The summed E-state index contributed by atoms with van der Waals surface area (Å²) in [6, 6.07) is 12.0. The highest BCUT2D eigenvalue weighted by Gasteiger charge is 2.28. The van der Waals surface area contributed by atoms with Gasteiger partial charge in [-0.3, -0.25) is 0 Å². The minimum absolute atomic E-state index is 0. The summed E-state index contributed by atoms with van der Waals surface area (Å²) >= 11 is 12.4. The Morgan fingerprint density at radius 1 is 1.03 bits per heavy atom. The standard InChI is InChI=1S/C24H31Cl2NO2.C5H6O.ClH/c1-3-4-5-6-7-8-20-14-23(21-12-11-19(28-2)15-24(21)29-20)27-16-17-9-10-18(25)13-22(17)26;1-2-4-6-5-3-1;/h9-13,15,20,23,27H,3-8,14,16H2,1-2H3;1-4H,5H2;1H. The van der Waals surface area contributed by atoms with E-state index in [1.165, 1.54) is 37.7 Å². The van der Waals surface area contributed by atoms with Crippen molar-refractivity contribution in [2.75, 3.05) is 13.7 Å². The van der Waals surface area contributed by atoms with Gasteiger partial charge < -0.3 is 19.5 Å². The molecule has 4 rings (SSSR count). The monoisotopic (exact) mass is 553 g/mol. The van der Waals surface area contributed by atoms with Crippen LogP contribution in [0.4, 0.5) is 0 Å². The largest absolute Gasteiger partial charge is 0.497 e. The number of ether oxygens (including phenoxy) is 3. The fraction of sp³-hybridized carbons (Fsp3) is 0.448. The van der Waals surface area contributed by atoms with Gasteiger partial charge in [0.1, 0.15) is 24.2 Å². The summed E-state index contributed by atoms with van der Waals surface area (Å²) in [4.78, 5) is 0. The molecule has 4 nitrogen and oxygen atoms in total. The van der Waals surface area contributed by atoms with E-state index in [4.69, 9.17) is 37.4 Å². The Morgan fingerprint density at radius 2 is 1.86 bits per heavy atom. The van der Waals surface area contributed by atoms with Crippen molar-refractivity contribution < 1.29 is 14.2 Å². The molecule has 0 bridgehead atoms. The highest BCUT2D eigenvalue weighted by molar-refractivity contribution is 6.35. The van der Waals surface area contributed by atoms with Gasteiger partial charge in [-0.2, -0.15) is 0 Å². The first-order valence-corrected chi connectivity index (χ1v) is 13.3. The van der Waals surface area contributed by atoms with Crippen molar-refractivity contribution in [1.29, 1.82) is 0 Å². The van der Waals surface area contributed by atoms with E-state index in [0.717, 1.165) is 36.5 Å². The molecule has 0 fully saturated rings. The lowest BCUT2D eigenvalue weighted by Crippen LogP contribution is -2.33. The van der Waals surface area contributed by atoms with Crippen LogP contribution in [0.2, 0.25) is 10.0 Å². The van der Waals surface area contributed by atoms with Crippen molar-refractivity contribution in [3.8, 4) is 11.5 Å². The normalized spacial score (nSPS) is 17.6. The van der Waals surface area contributed by atoms with Gasteiger partial charge in [0.2, 0.25) is 0 Å². The molecule has 0 radical (unpaired) electrons. The van der Waals surface area contributed by atoms with Crippen LogP contribution in [0.3, 0.4) is 0 Å². The highest BCUT2D eigenvalue weighted by atomic mass is 35.5. The third-order valence-electron chi connectivity index (χ3n) is 6.19. The van der Waals surface area contributed by atoms with Crippen LogP contribution in [0.5, 0.6) is 11.5 Å². The molecule has 0 saturated carbocycles. The lowest BCUT2D eigenvalue weighted by Gasteiger charge is -2.33. The molecule has 0 aliphatic carbocycles. The maximum atomic E-state index is 6.36. The van der Waals surface area contributed by atoms with Crippen molar-refractivity contribution in [2.24, 2.45) is 0 Å². The third-order valence-corrected chi connectivity index (χ3v) is 6.77. The zero-order valence-corrected chi connectivity index (χ0v) is 23.5. The Morgan fingerprint density at radius 3 is 2.50 bits per heavy atom. The van der Waals surface area contributed by atoms with Crippen molar-refractivity contribution in [1.82, 2.24) is 5.32 Å². The second-order valence-corrected chi connectivity index (χ2v) is 9.69. The minimum atomic E-state index is 0. The number of nitrogens with one attached hydrogen (secondary N) is 1. The molecular formula is C29H38Cl3NO3. The van der Waals surface area contributed by atoms with Gasteiger partial charge in [-0.05, 0) is 48.8 Å². The predicted octanol–water partition coefficient (Wildman–Crippen LogP) is 8.85. The molecule has 36 heavy (non-hydrogen) atoms. The molecule has 0 amide bonds. The second-order valence-electron chi connectivity index (χ2n) is 8.84. The van der Waals surface area contributed by atoms with Crippen molar-refractivity contribution >= 4 is 35.6 Å². The molecule has 2 aromatic carbocycles. The lowest BCUT2D eigenvalue weighted by atomic mass is 9.93. The zero-order valence-electron chi connectivity index (χ0n) is 21.2. The quantitative estimate of drug-likeness (QED) is 0.298. The van der Waals surface area contributed by atoms with Gasteiger partial charge in [-0.1, -0.05) is 74.0 Å². The average molecular weight is 555 g/mol. The summed E-state index contributed by atoms with van der Waals surface area (Å²) in [6.45, 7) is 3.67. The van der Waals surface area contributed by atoms with Crippen LogP contribution in [0.25, 0.3) is 0 Å². The minimum Gasteiger partial charge on any atom is -0.497 e. The van der Waals surface area contributed by atoms with E-state index in [2.05, 4.69) is 18.3 Å². The number of hydrogen-bond acceptors (Lipinski definition) is 4. The summed E-state index contributed by atoms with van der Waals surface area (Å²) in [5, 5.41) is 5.04. The zero-order chi connectivity index (χ0) is 24.9. The van der Waals surface area contributed by atoms with Gasteiger partial charge >= 0.3 is 0 Å². The Labute approximate surface area is 232 Å². The van der Waals surface area contributed by atoms with Crippen molar-refractivity contribution in [3.63, 3.8) is 0 Å². The molecule has 0 spiro atoms. The van der Waals surface area contributed by atoms with Gasteiger partial charge in [-0.15, -0.1) is 12.4 Å². The van der Waals surface area contributed by atoms with Gasteiger partial charge in [-0.25, -0.2) is 0 Å².